The first-order valence-electron chi connectivity index (χ1n) is 18.1. The molecule has 266 valence electrons. The third kappa shape index (κ3) is 9.04. The van der Waals surface area contributed by atoms with Crippen LogP contribution in [0.3, 0.4) is 0 Å². The average molecular weight is 671 g/mol. The SMILES string of the molecule is COC1CCC([C@@H]2CCN(C(=O)C3CCC([C@H](N)CF)CC3)[C@@H]2C(=O)Cc2ccc3oc(C(=O)OCCCOCC(C)C)cc3c2)CC1. The maximum atomic E-state index is 14.3. The van der Waals surface area contributed by atoms with E-state index in [0.29, 0.717) is 56.4 Å². The number of likely N-dealkylation sites (tertiary alicyclic amines) is 1. The summed E-state index contributed by atoms with van der Waals surface area (Å²) >= 11 is 0. The van der Waals surface area contributed by atoms with E-state index in [9.17, 15) is 18.8 Å². The van der Waals surface area contributed by atoms with Crippen molar-refractivity contribution in [2.75, 3.05) is 40.1 Å². The van der Waals surface area contributed by atoms with Gasteiger partial charge in [-0.25, -0.2) is 9.18 Å². The van der Waals surface area contributed by atoms with E-state index in [1.54, 1.807) is 19.2 Å². The Balaban J connectivity index is 1.25. The van der Waals surface area contributed by atoms with Gasteiger partial charge in [-0.15, -0.1) is 0 Å². The summed E-state index contributed by atoms with van der Waals surface area (Å²) in [6.07, 6.45) is 8.66. The number of esters is 1. The number of nitrogens with zero attached hydrogens (tertiary/aromatic N) is 1. The molecule has 2 N–H and O–H groups in total. The highest BCUT2D eigenvalue weighted by molar-refractivity contribution is 5.94. The van der Waals surface area contributed by atoms with Gasteiger partial charge in [-0.2, -0.15) is 0 Å². The van der Waals surface area contributed by atoms with E-state index in [0.717, 1.165) is 55.9 Å². The summed E-state index contributed by atoms with van der Waals surface area (Å²) in [6, 6.07) is 6.26. The number of carbonyl (C=O) groups excluding carboxylic acids is 3. The summed E-state index contributed by atoms with van der Waals surface area (Å²) in [7, 11) is 1.76. The molecule has 0 bridgehead atoms. The van der Waals surface area contributed by atoms with Crippen molar-refractivity contribution in [3.8, 4) is 0 Å². The van der Waals surface area contributed by atoms with Crippen molar-refractivity contribution in [1.82, 2.24) is 4.90 Å². The minimum atomic E-state index is -0.538. The molecule has 0 spiro atoms. The van der Waals surface area contributed by atoms with E-state index in [1.807, 2.05) is 17.0 Å². The van der Waals surface area contributed by atoms with Gasteiger partial charge < -0.3 is 29.3 Å². The molecule has 3 fully saturated rings. The van der Waals surface area contributed by atoms with E-state index < -0.39 is 24.7 Å². The minimum absolute atomic E-state index is 0.0509. The van der Waals surface area contributed by atoms with Crippen LogP contribution in [-0.4, -0.2) is 80.9 Å². The Morgan fingerprint density at radius 1 is 1.00 bits per heavy atom. The predicted octanol–water partition coefficient (Wildman–Crippen LogP) is 6.29. The van der Waals surface area contributed by atoms with Crippen molar-refractivity contribution in [3.05, 3.63) is 35.6 Å². The van der Waals surface area contributed by atoms with Crippen LogP contribution in [0.25, 0.3) is 11.0 Å². The third-order valence-corrected chi connectivity index (χ3v) is 10.9. The van der Waals surface area contributed by atoms with E-state index in [2.05, 4.69) is 13.8 Å². The van der Waals surface area contributed by atoms with Gasteiger partial charge in [-0.3, -0.25) is 9.59 Å². The van der Waals surface area contributed by atoms with Gasteiger partial charge in [0.2, 0.25) is 11.7 Å². The number of benzene rings is 1. The molecule has 5 rings (SSSR count). The molecule has 10 heteroatoms. The highest BCUT2D eigenvalue weighted by atomic mass is 19.1. The number of Topliss-reactive ketones (excluding diaryl/α,β-unsaturated/α-hetero) is 1. The fourth-order valence-electron chi connectivity index (χ4n) is 8.20. The number of nitrogens with two attached hydrogens (primary N) is 1. The average Bonchev–Trinajstić information content (AvgIpc) is 3.74. The second-order valence-electron chi connectivity index (χ2n) is 14.7. The number of alkyl halides is 1. The van der Waals surface area contributed by atoms with Crippen LogP contribution >= 0.6 is 0 Å². The van der Waals surface area contributed by atoms with Gasteiger partial charge in [0, 0.05) is 57.1 Å². The molecule has 2 heterocycles. The van der Waals surface area contributed by atoms with Crippen molar-refractivity contribution in [2.24, 2.45) is 35.3 Å². The van der Waals surface area contributed by atoms with Crippen LogP contribution in [0, 0.1) is 29.6 Å². The molecule has 0 radical (unpaired) electrons. The molecule has 1 amide bonds. The zero-order chi connectivity index (χ0) is 34.2. The molecule has 1 saturated heterocycles. The molecule has 1 aliphatic heterocycles. The number of fused-ring (bicyclic) bond motifs is 1. The largest absolute Gasteiger partial charge is 0.460 e. The highest BCUT2D eigenvalue weighted by Crippen LogP contribution is 2.42. The quantitative estimate of drug-likeness (QED) is 0.173. The molecular formula is C38H55FN2O7. The Morgan fingerprint density at radius 3 is 2.44 bits per heavy atom. The number of halogens is 1. The number of furan rings is 1. The number of carbonyl (C=O) groups is 3. The van der Waals surface area contributed by atoms with Crippen LogP contribution < -0.4 is 5.73 Å². The Morgan fingerprint density at radius 2 is 1.75 bits per heavy atom. The Bertz CT molecular complexity index is 1360. The van der Waals surface area contributed by atoms with Gasteiger partial charge in [0.05, 0.1) is 18.8 Å². The van der Waals surface area contributed by atoms with Crippen LogP contribution in [0.5, 0.6) is 0 Å². The van der Waals surface area contributed by atoms with Crippen molar-refractivity contribution in [3.63, 3.8) is 0 Å². The molecule has 1 aromatic heterocycles. The summed E-state index contributed by atoms with van der Waals surface area (Å²) in [5.74, 6) is 0.600. The Labute approximate surface area is 284 Å². The number of ether oxygens (including phenoxy) is 3. The second kappa shape index (κ2) is 17.2. The number of hydrogen-bond acceptors (Lipinski definition) is 8. The monoisotopic (exact) mass is 670 g/mol. The topological polar surface area (TPSA) is 121 Å². The van der Waals surface area contributed by atoms with Gasteiger partial charge in [0.1, 0.15) is 12.3 Å². The van der Waals surface area contributed by atoms with Crippen molar-refractivity contribution in [1.29, 1.82) is 0 Å². The first-order chi connectivity index (χ1) is 23.2. The summed E-state index contributed by atoms with van der Waals surface area (Å²) in [6.45, 7) is 5.66. The number of hydrogen-bond donors (Lipinski definition) is 1. The second-order valence-corrected chi connectivity index (χ2v) is 14.7. The van der Waals surface area contributed by atoms with Gasteiger partial charge >= 0.3 is 5.97 Å². The Kier molecular flexibility index (Phi) is 13.1. The molecule has 3 atom stereocenters. The van der Waals surface area contributed by atoms with E-state index in [1.165, 1.54) is 0 Å². The normalized spacial score (nSPS) is 27.0. The lowest BCUT2D eigenvalue weighted by Crippen LogP contribution is -2.48. The molecule has 0 unspecified atom stereocenters. The van der Waals surface area contributed by atoms with Crippen molar-refractivity contribution >= 4 is 28.6 Å². The van der Waals surface area contributed by atoms with Crippen LogP contribution in [0.15, 0.2) is 28.7 Å². The molecule has 2 aliphatic carbocycles. The molecule has 3 aliphatic rings. The lowest BCUT2D eigenvalue weighted by Gasteiger charge is -2.37. The number of rotatable bonds is 15. The summed E-state index contributed by atoms with van der Waals surface area (Å²) in [5.41, 5.74) is 7.35. The standard InChI is InChI=1S/C38H55FN2O7/c1-24(2)23-46-17-4-18-47-38(44)35-21-29-19-25(5-14-34(29)48-35)20-33(42)36-31(26-10-12-30(45-3)13-11-26)15-16-41(36)37(43)28-8-6-27(7-9-28)32(40)22-39/h5,14,19,21,24,26-28,30-32,36H,4,6-13,15-18,20,22-23,40H2,1-3H3/t26?,27?,28?,30?,31-,32+,36-/m0/s1. The van der Waals surface area contributed by atoms with E-state index >= 15 is 0 Å². The third-order valence-electron chi connectivity index (χ3n) is 10.9. The fraction of sp³-hybridized carbons (Fsp3) is 0.711. The van der Waals surface area contributed by atoms with Crippen LogP contribution in [0.4, 0.5) is 4.39 Å². The van der Waals surface area contributed by atoms with Gasteiger partial charge in [-0.1, -0.05) is 19.9 Å². The van der Waals surface area contributed by atoms with Crippen molar-refractivity contribution in [2.45, 2.75) is 103 Å². The first-order valence-corrected chi connectivity index (χ1v) is 18.1. The molecule has 2 aromatic rings. The number of methoxy groups -OCH3 is 1. The minimum Gasteiger partial charge on any atom is -0.460 e. The van der Waals surface area contributed by atoms with Crippen LogP contribution in [0.1, 0.15) is 94.2 Å². The number of ketones is 1. The van der Waals surface area contributed by atoms with E-state index in [4.69, 9.17) is 24.4 Å². The zero-order valence-corrected chi connectivity index (χ0v) is 29.0. The van der Waals surface area contributed by atoms with E-state index in [-0.39, 0.29) is 54.3 Å². The lowest BCUT2D eigenvalue weighted by molar-refractivity contribution is -0.143. The maximum absolute atomic E-state index is 14.3. The van der Waals surface area contributed by atoms with Crippen molar-refractivity contribution < 1.29 is 37.4 Å². The Hall–Kier alpha value is -2.82. The van der Waals surface area contributed by atoms with Gasteiger partial charge in [-0.05, 0) is 105 Å². The molecule has 1 aromatic carbocycles. The summed E-state index contributed by atoms with van der Waals surface area (Å²) in [5, 5.41) is 0.726. The zero-order valence-electron chi connectivity index (χ0n) is 29.0. The molecule has 9 nitrogen and oxygen atoms in total. The lowest BCUT2D eigenvalue weighted by atomic mass is 9.74. The van der Waals surface area contributed by atoms with Crippen LogP contribution in [0.2, 0.25) is 0 Å². The fourth-order valence-corrected chi connectivity index (χ4v) is 8.20. The highest BCUT2D eigenvalue weighted by Gasteiger charge is 2.47. The molecule has 48 heavy (non-hydrogen) atoms. The molecular weight excluding hydrogens is 615 g/mol. The van der Waals surface area contributed by atoms with Crippen LogP contribution in [-0.2, 0) is 30.2 Å². The number of amides is 1. The summed E-state index contributed by atoms with van der Waals surface area (Å²) < 4.78 is 35.5. The summed E-state index contributed by atoms with van der Waals surface area (Å²) in [4.78, 5) is 42.8. The first kappa shape index (κ1) is 36.5. The predicted molar refractivity (Wildman–Crippen MR) is 181 cm³/mol. The van der Waals surface area contributed by atoms with Gasteiger partial charge in [0.25, 0.3) is 0 Å². The molecule has 2 saturated carbocycles. The smallest absolute Gasteiger partial charge is 0.374 e. The maximum Gasteiger partial charge on any atom is 0.374 e. The van der Waals surface area contributed by atoms with Gasteiger partial charge in [0.15, 0.2) is 5.78 Å².